The van der Waals surface area contributed by atoms with Crippen molar-refractivity contribution in [3.8, 4) is 11.5 Å². The number of nitrogens with one attached hydrogen (secondary N) is 1. The van der Waals surface area contributed by atoms with E-state index in [-0.39, 0.29) is 0 Å². The summed E-state index contributed by atoms with van der Waals surface area (Å²) in [6.45, 7) is 6.94. The first kappa shape index (κ1) is 18.4. The van der Waals surface area contributed by atoms with Gasteiger partial charge >= 0.3 is 0 Å². The fraction of sp³-hybridized carbons (Fsp3) is 0.611. The summed E-state index contributed by atoms with van der Waals surface area (Å²) >= 11 is 0. The lowest BCUT2D eigenvalue weighted by molar-refractivity contribution is 0.157. The van der Waals surface area contributed by atoms with Crippen LogP contribution >= 0.6 is 0 Å². The monoisotopic (exact) mass is 335 g/mol. The molecule has 1 N–H and O–H groups in total. The summed E-state index contributed by atoms with van der Waals surface area (Å²) in [4.78, 5) is 6.99. The molecular weight excluding hydrogens is 306 g/mol. The Kier molecular flexibility index (Phi) is 7.68. The highest BCUT2D eigenvalue weighted by Gasteiger charge is 2.24. The molecule has 2 rings (SSSR count). The number of guanidine groups is 1. The van der Waals surface area contributed by atoms with Crippen molar-refractivity contribution >= 4 is 5.96 Å². The Bertz CT molecular complexity index is 522. The van der Waals surface area contributed by atoms with Gasteiger partial charge in [0, 0.05) is 38.7 Å². The second-order valence-corrected chi connectivity index (χ2v) is 5.82. The fourth-order valence-electron chi connectivity index (χ4n) is 2.83. The Labute approximate surface area is 144 Å². The molecule has 1 aromatic rings. The van der Waals surface area contributed by atoms with Crippen LogP contribution in [0.25, 0.3) is 0 Å². The average molecular weight is 335 g/mol. The molecular formula is C18H29N3O3. The van der Waals surface area contributed by atoms with Gasteiger partial charge in [0.2, 0.25) is 0 Å². The van der Waals surface area contributed by atoms with Crippen molar-refractivity contribution in [1.82, 2.24) is 10.2 Å². The van der Waals surface area contributed by atoms with Crippen LogP contribution in [-0.2, 0) is 4.74 Å². The molecule has 0 aromatic heterocycles. The highest BCUT2D eigenvalue weighted by molar-refractivity contribution is 5.80. The van der Waals surface area contributed by atoms with Gasteiger partial charge in [-0.1, -0.05) is 6.07 Å². The van der Waals surface area contributed by atoms with E-state index >= 15 is 0 Å². The fourth-order valence-corrected chi connectivity index (χ4v) is 2.83. The average Bonchev–Trinajstić information content (AvgIpc) is 3.07. The molecule has 1 aliphatic rings. The Morgan fingerprint density at radius 2 is 2.17 bits per heavy atom. The third-order valence-electron chi connectivity index (χ3n) is 3.99. The van der Waals surface area contributed by atoms with Crippen LogP contribution in [0, 0.1) is 5.92 Å². The lowest BCUT2D eigenvalue weighted by Gasteiger charge is -2.21. The summed E-state index contributed by atoms with van der Waals surface area (Å²) in [6.07, 6.45) is 1.15. The summed E-state index contributed by atoms with van der Waals surface area (Å²) in [7, 11) is 3.41. The third kappa shape index (κ3) is 5.60. The first-order valence-corrected chi connectivity index (χ1v) is 8.55. The summed E-state index contributed by atoms with van der Waals surface area (Å²) < 4.78 is 16.2. The van der Waals surface area contributed by atoms with Gasteiger partial charge in [-0.3, -0.25) is 0 Å². The Balaban J connectivity index is 1.82. The summed E-state index contributed by atoms with van der Waals surface area (Å²) in [5.41, 5.74) is 0. The van der Waals surface area contributed by atoms with Crippen molar-refractivity contribution < 1.29 is 14.2 Å². The first-order chi connectivity index (χ1) is 11.8. The van der Waals surface area contributed by atoms with E-state index in [1.165, 1.54) is 0 Å². The predicted molar refractivity (Wildman–Crippen MR) is 96.0 cm³/mol. The van der Waals surface area contributed by atoms with Gasteiger partial charge in [-0.05, 0) is 25.5 Å². The molecule has 1 heterocycles. The largest absolute Gasteiger partial charge is 0.497 e. The number of rotatable bonds is 8. The van der Waals surface area contributed by atoms with Crippen molar-refractivity contribution in [3.63, 3.8) is 0 Å². The maximum Gasteiger partial charge on any atom is 0.194 e. The smallest absolute Gasteiger partial charge is 0.194 e. The highest BCUT2D eigenvalue weighted by Crippen LogP contribution is 2.19. The molecule has 0 aliphatic carbocycles. The Morgan fingerprint density at radius 1 is 1.33 bits per heavy atom. The van der Waals surface area contributed by atoms with E-state index in [1.807, 2.05) is 24.3 Å². The molecule has 0 saturated carbocycles. The minimum Gasteiger partial charge on any atom is -0.497 e. The number of likely N-dealkylation sites (tertiary alicyclic amines) is 1. The molecule has 6 nitrogen and oxygen atoms in total. The molecule has 0 spiro atoms. The zero-order chi connectivity index (χ0) is 17.2. The van der Waals surface area contributed by atoms with Crippen LogP contribution in [0.3, 0.4) is 0 Å². The van der Waals surface area contributed by atoms with E-state index in [2.05, 4.69) is 22.1 Å². The molecule has 0 amide bonds. The van der Waals surface area contributed by atoms with Gasteiger partial charge < -0.3 is 24.4 Å². The van der Waals surface area contributed by atoms with Crippen molar-refractivity contribution in [2.75, 3.05) is 53.6 Å². The van der Waals surface area contributed by atoms with Gasteiger partial charge in [0.05, 0.1) is 20.3 Å². The van der Waals surface area contributed by atoms with Crippen LogP contribution in [-0.4, -0.2) is 64.5 Å². The van der Waals surface area contributed by atoms with E-state index in [0.29, 0.717) is 19.1 Å². The first-order valence-electron chi connectivity index (χ1n) is 8.55. The molecule has 0 bridgehead atoms. The van der Waals surface area contributed by atoms with Gasteiger partial charge in [-0.25, -0.2) is 4.99 Å². The van der Waals surface area contributed by atoms with Gasteiger partial charge in [0.1, 0.15) is 18.1 Å². The van der Waals surface area contributed by atoms with Crippen molar-refractivity contribution in [1.29, 1.82) is 0 Å². The maximum atomic E-state index is 5.75. The number of methoxy groups -OCH3 is 2. The van der Waals surface area contributed by atoms with E-state index in [9.17, 15) is 0 Å². The van der Waals surface area contributed by atoms with E-state index in [0.717, 1.165) is 50.1 Å². The SMILES string of the molecule is CCNC(=NCCOc1cccc(OC)c1)N1CCC(COC)C1. The molecule has 134 valence electrons. The minimum absolute atomic E-state index is 0.539. The normalized spacial score (nSPS) is 17.9. The van der Waals surface area contributed by atoms with Crippen LogP contribution in [0.5, 0.6) is 11.5 Å². The number of hydrogen-bond donors (Lipinski definition) is 1. The van der Waals surface area contributed by atoms with Gasteiger partial charge in [-0.2, -0.15) is 0 Å². The van der Waals surface area contributed by atoms with E-state index in [1.54, 1.807) is 14.2 Å². The Morgan fingerprint density at radius 3 is 2.92 bits per heavy atom. The molecule has 24 heavy (non-hydrogen) atoms. The molecule has 1 unspecified atom stereocenters. The number of benzene rings is 1. The zero-order valence-electron chi connectivity index (χ0n) is 15.0. The second-order valence-electron chi connectivity index (χ2n) is 5.82. The van der Waals surface area contributed by atoms with Crippen LogP contribution in [0.4, 0.5) is 0 Å². The number of hydrogen-bond acceptors (Lipinski definition) is 4. The highest BCUT2D eigenvalue weighted by atomic mass is 16.5. The van der Waals surface area contributed by atoms with Crippen molar-refractivity contribution in [3.05, 3.63) is 24.3 Å². The predicted octanol–water partition coefficient (Wildman–Crippen LogP) is 2.01. The molecule has 0 radical (unpaired) electrons. The number of nitrogens with zero attached hydrogens (tertiary/aromatic N) is 2. The number of aliphatic imine (C=N–C) groups is 1. The van der Waals surface area contributed by atoms with Crippen LogP contribution in [0.2, 0.25) is 0 Å². The standard InChI is InChI=1S/C18H29N3O3/c1-4-19-18(21-10-8-15(13-21)14-22-2)20-9-11-24-17-7-5-6-16(12-17)23-3/h5-7,12,15H,4,8-11,13-14H2,1-3H3,(H,19,20). The van der Waals surface area contributed by atoms with Crippen molar-refractivity contribution in [2.24, 2.45) is 10.9 Å². The van der Waals surface area contributed by atoms with E-state index < -0.39 is 0 Å². The summed E-state index contributed by atoms with van der Waals surface area (Å²) in [5.74, 6) is 3.15. The van der Waals surface area contributed by atoms with Crippen molar-refractivity contribution in [2.45, 2.75) is 13.3 Å². The minimum atomic E-state index is 0.539. The van der Waals surface area contributed by atoms with Gasteiger partial charge in [-0.15, -0.1) is 0 Å². The molecule has 1 aliphatic heterocycles. The lowest BCUT2D eigenvalue weighted by Crippen LogP contribution is -2.40. The van der Waals surface area contributed by atoms with Crippen LogP contribution < -0.4 is 14.8 Å². The third-order valence-corrected chi connectivity index (χ3v) is 3.99. The molecule has 1 saturated heterocycles. The number of ether oxygens (including phenoxy) is 3. The van der Waals surface area contributed by atoms with Gasteiger partial charge in [0.25, 0.3) is 0 Å². The summed E-state index contributed by atoms with van der Waals surface area (Å²) in [5, 5.41) is 3.36. The molecule has 1 fully saturated rings. The second kappa shape index (κ2) is 10.0. The summed E-state index contributed by atoms with van der Waals surface area (Å²) in [6, 6.07) is 7.62. The van der Waals surface area contributed by atoms with Crippen LogP contribution in [0.15, 0.2) is 29.3 Å². The van der Waals surface area contributed by atoms with Crippen LogP contribution in [0.1, 0.15) is 13.3 Å². The molecule has 6 heteroatoms. The zero-order valence-corrected chi connectivity index (χ0v) is 15.0. The topological polar surface area (TPSA) is 55.3 Å². The molecule has 1 atom stereocenters. The maximum absolute atomic E-state index is 5.75. The quantitative estimate of drug-likeness (QED) is 0.447. The van der Waals surface area contributed by atoms with E-state index in [4.69, 9.17) is 14.2 Å². The lowest BCUT2D eigenvalue weighted by atomic mass is 10.1. The Hall–Kier alpha value is -1.95. The molecule has 1 aromatic carbocycles. The van der Waals surface area contributed by atoms with Gasteiger partial charge in [0.15, 0.2) is 5.96 Å².